The van der Waals surface area contributed by atoms with Crippen LogP contribution in [0.15, 0.2) is 29.2 Å². The van der Waals surface area contributed by atoms with Crippen LogP contribution in [-0.2, 0) is 9.53 Å². The lowest BCUT2D eigenvalue weighted by Gasteiger charge is -2.14. The van der Waals surface area contributed by atoms with Gasteiger partial charge >= 0.3 is 0 Å². The highest BCUT2D eigenvalue weighted by molar-refractivity contribution is 8.00. The van der Waals surface area contributed by atoms with Gasteiger partial charge in [-0.2, -0.15) is 0 Å². The number of hydrogen-bond acceptors (Lipinski definition) is 4. The van der Waals surface area contributed by atoms with Gasteiger partial charge in [0.1, 0.15) is 5.82 Å². The fraction of sp³-hybridized carbons (Fsp3) is 0.417. The van der Waals surface area contributed by atoms with Gasteiger partial charge in [0.05, 0.1) is 25.0 Å². The molecule has 1 rings (SSSR count). The highest BCUT2D eigenvalue weighted by atomic mass is 32.2. The van der Waals surface area contributed by atoms with Crippen LogP contribution < -0.4 is 5.32 Å². The van der Waals surface area contributed by atoms with Crippen molar-refractivity contribution in [2.24, 2.45) is 0 Å². The number of aliphatic hydroxyl groups is 1. The molecule has 1 aromatic rings. The summed E-state index contributed by atoms with van der Waals surface area (Å²) < 4.78 is 18.1. The van der Waals surface area contributed by atoms with E-state index in [0.717, 1.165) is 11.8 Å². The molecule has 1 atom stereocenters. The lowest BCUT2D eigenvalue weighted by molar-refractivity contribution is -0.120. The molecule has 6 heteroatoms. The second-order valence-corrected chi connectivity index (χ2v) is 4.64. The summed E-state index contributed by atoms with van der Waals surface area (Å²) in [6, 6.07) is 5.85. The standard InChI is InChI=1S/C12H16FNO3S/c1-17-7-9(6-15)14-12(16)8-18-11-5-3-2-4-10(11)13/h2-5,9,15H,6-8H2,1H3,(H,14,16). The van der Waals surface area contributed by atoms with Crippen LogP contribution in [-0.4, -0.2) is 43.1 Å². The Kier molecular flexibility index (Phi) is 6.70. The molecule has 0 fully saturated rings. The van der Waals surface area contributed by atoms with Crippen molar-refractivity contribution < 1.29 is 19.0 Å². The molecule has 0 aromatic heterocycles. The molecule has 1 amide bonds. The fourth-order valence-electron chi connectivity index (χ4n) is 1.32. The van der Waals surface area contributed by atoms with E-state index < -0.39 is 6.04 Å². The second kappa shape index (κ2) is 8.07. The summed E-state index contributed by atoms with van der Waals surface area (Å²) in [4.78, 5) is 12.0. The monoisotopic (exact) mass is 273 g/mol. The van der Waals surface area contributed by atoms with E-state index in [1.54, 1.807) is 18.2 Å². The smallest absolute Gasteiger partial charge is 0.230 e. The second-order valence-electron chi connectivity index (χ2n) is 3.62. The highest BCUT2D eigenvalue weighted by Crippen LogP contribution is 2.20. The normalized spacial score (nSPS) is 12.2. The Morgan fingerprint density at radius 2 is 2.28 bits per heavy atom. The van der Waals surface area contributed by atoms with Gasteiger partial charge in [0, 0.05) is 12.0 Å². The van der Waals surface area contributed by atoms with Crippen molar-refractivity contribution in [3.8, 4) is 0 Å². The molecule has 0 radical (unpaired) electrons. The first-order valence-corrected chi connectivity index (χ1v) is 6.42. The minimum atomic E-state index is -0.427. The molecule has 1 aromatic carbocycles. The summed E-state index contributed by atoms with van der Waals surface area (Å²) in [7, 11) is 1.49. The molecule has 0 spiro atoms. The third-order valence-electron chi connectivity index (χ3n) is 2.15. The van der Waals surface area contributed by atoms with Crippen molar-refractivity contribution in [1.29, 1.82) is 0 Å². The van der Waals surface area contributed by atoms with Gasteiger partial charge in [-0.05, 0) is 12.1 Å². The zero-order valence-corrected chi connectivity index (χ0v) is 10.9. The average molecular weight is 273 g/mol. The lowest BCUT2D eigenvalue weighted by Crippen LogP contribution is -2.41. The Bertz CT molecular complexity index is 389. The molecule has 4 nitrogen and oxygen atoms in total. The van der Waals surface area contributed by atoms with Gasteiger partial charge in [-0.15, -0.1) is 11.8 Å². The summed E-state index contributed by atoms with van der Waals surface area (Å²) in [6.45, 7) is 0.0521. The lowest BCUT2D eigenvalue weighted by atomic mass is 10.3. The zero-order valence-electron chi connectivity index (χ0n) is 10.1. The molecule has 100 valence electrons. The third kappa shape index (κ3) is 5.03. The molecule has 0 bridgehead atoms. The first-order chi connectivity index (χ1) is 8.67. The number of benzene rings is 1. The predicted octanol–water partition coefficient (Wildman–Crippen LogP) is 1.04. The number of hydrogen-bond donors (Lipinski definition) is 2. The molecule has 0 aliphatic heterocycles. The number of thioether (sulfide) groups is 1. The van der Waals surface area contributed by atoms with Gasteiger partial charge in [0.15, 0.2) is 0 Å². The Morgan fingerprint density at radius 3 is 2.89 bits per heavy atom. The van der Waals surface area contributed by atoms with E-state index in [1.165, 1.54) is 13.2 Å². The van der Waals surface area contributed by atoms with Gasteiger partial charge < -0.3 is 15.2 Å². The predicted molar refractivity (Wildman–Crippen MR) is 68.0 cm³/mol. The molecule has 18 heavy (non-hydrogen) atoms. The summed E-state index contributed by atoms with van der Waals surface area (Å²) in [5, 5.41) is 11.6. The Morgan fingerprint density at radius 1 is 1.56 bits per heavy atom. The molecule has 0 aliphatic rings. The number of aliphatic hydroxyl groups excluding tert-OH is 1. The summed E-state index contributed by atoms with van der Waals surface area (Å²) >= 11 is 1.12. The van der Waals surface area contributed by atoms with E-state index in [0.29, 0.717) is 4.90 Å². The van der Waals surface area contributed by atoms with E-state index in [1.807, 2.05) is 0 Å². The minimum Gasteiger partial charge on any atom is -0.394 e. The summed E-state index contributed by atoms with van der Waals surface area (Å²) in [6.07, 6.45) is 0. The maximum Gasteiger partial charge on any atom is 0.230 e. The van der Waals surface area contributed by atoms with E-state index in [9.17, 15) is 9.18 Å². The molecule has 0 saturated carbocycles. The summed E-state index contributed by atoms with van der Waals surface area (Å²) in [5.41, 5.74) is 0. The number of methoxy groups -OCH3 is 1. The van der Waals surface area contributed by atoms with Crippen molar-refractivity contribution in [3.63, 3.8) is 0 Å². The Hall–Kier alpha value is -1.11. The van der Waals surface area contributed by atoms with Crippen LogP contribution in [0.1, 0.15) is 0 Å². The number of carbonyl (C=O) groups excluding carboxylic acids is 1. The fourth-order valence-corrected chi connectivity index (χ4v) is 2.07. The number of nitrogens with one attached hydrogen (secondary N) is 1. The van der Waals surface area contributed by atoms with E-state index >= 15 is 0 Å². The van der Waals surface area contributed by atoms with Crippen LogP contribution >= 0.6 is 11.8 Å². The van der Waals surface area contributed by atoms with Crippen molar-refractivity contribution >= 4 is 17.7 Å². The third-order valence-corrected chi connectivity index (χ3v) is 3.20. The minimum absolute atomic E-state index is 0.0984. The van der Waals surface area contributed by atoms with Crippen LogP contribution in [0.3, 0.4) is 0 Å². The van der Waals surface area contributed by atoms with Crippen molar-refractivity contribution in [3.05, 3.63) is 30.1 Å². The number of halogens is 1. The maximum atomic E-state index is 13.3. The van der Waals surface area contributed by atoms with Gasteiger partial charge in [0.2, 0.25) is 5.91 Å². The SMILES string of the molecule is COCC(CO)NC(=O)CSc1ccccc1F. The van der Waals surface area contributed by atoms with Gasteiger partial charge in [0.25, 0.3) is 0 Å². The zero-order chi connectivity index (χ0) is 13.4. The van der Waals surface area contributed by atoms with Gasteiger partial charge in [-0.3, -0.25) is 4.79 Å². The maximum absolute atomic E-state index is 13.3. The number of amides is 1. The topological polar surface area (TPSA) is 58.6 Å². The molecule has 0 aliphatic carbocycles. The van der Waals surface area contributed by atoms with Crippen LogP contribution in [0.4, 0.5) is 4.39 Å². The average Bonchev–Trinajstić information content (AvgIpc) is 2.37. The summed E-state index contributed by atoms with van der Waals surface area (Å²) in [5.74, 6) is -0.508. The quantitative estimate of drug-likeness (QED) is 0.729. The van der Waals surface area contributed by atoms with E-state index in [4.69, 9.17) is 9.84 Å². The van der Waals surface area contributed by atoms with E-state index in [-0.39, 0.29) is 30.7 Å². The van der Waals surface area contributed by atoms with Crippen molar-refractivity contribution in [1.82, 2.24) is 5.32 Å². The van der Waals surface area contributed by atoms with Gasteiger partial charge in [-0.1, -0.05) is 12.1 Å². The number of rotatable bonds is 7. The van der Waals surface area contributed by atoms with Crippen LogP contribution in [0.5, 0.6) is 0 Å². The Balaban J connectivity index is 2.39. The molecule has 0 heterocycles. The molecule has 1 unspecified atom stereocenters. The largest absolute Gasteiger partial charge is 0.394 e. The molecule has 0 saturated heterocycles. The van der Waals surface area contributed by atoms with Crippen LogP contribution in [0, 0.1) is 5.82 Å². The molecular weight excluding hydrogens is 257 g/mol. The number of ether oxygens (including phenoxy) is 1. The molecule has 2 N–H and O–H groups in total. The highest BCUT2D eigenvalue weighted by Gasteiger charge is 2.12. The van der Waals surface area contributed by atoms with E-state index in [2.05, 4.69) is 5.32 Å². The molecular formula is C12H16FNO3S. The Labute approximate surface area is 110 Å². The van der Waals surface area contributed by atoms with Crippen LogP contribution in [0.2, 0.25) is 0 Å². The van der Waals surface area contributed by atoms with Crippen LogP contribution in [0.25, 0.3) is 0 Å². The first kappa shape index (κ1) is 14.9. The van der Waals surface area contributed by atoms with Crippen molar-refractivity contribution in [2.45, 2.75) is 10.9 Å². The number of carbonyl (C=O) groups is 1. The first-order valence-electron chi connectivity index (χ1n) is 5.44. The van der Waals surface area contributed by atoms with Gasteiger partial charge in [-0.25, -0.2) is 4.39 Å². The van der Waals surface area contributed by atoms with Crippen molar-refractivity contribution in [2.75, 3.05) is 26.1 Å².